The van der Waals surface area contributed by atoms with Gasteiger partial charge in [-0.05, 0) is 25.5 Å². The van der Waals surface area contributed by atoms with E-state index in [2.05, 4.69) is 5.32 Å². The van der Waals surface area contributed by atoms with Crippen LogP contribution in [0.15, 0.2) is 24.3 Å². The molecule has 1 atom stereocenters. The molecular formula is C15H22ClNO4. The molecule has 1 aromatic carbocycles. The summed E-state index contributed by atoms with van der Waals surface area (Å²) in [5.41, 5.74) is 0.538. The molecule has 0 radical (unpaired) electrons. The zero-order valence-corrected chi connectivity index (χ0v) is 13.1. The van der Waals surface area contributed by atoms with Crippen LogP contribution in [0.5, 0.6) is 5.75 Å². The van der Waals surface area contributed by atoms with E-state index in [0.29, 0.717) is 30.9 Å². The van der Waals surface area contributed by atoms with Crippen molar-refractivity contribution in [1.82, 2.24) is 5.32 Å². The first-order chi connectivity index (χ1) is 9.56. The van der Waals surface area contributed by atoms with E-state index in [1.54, 1.807) is 24.3 Å². The third-order valence-corrected chi connectivity index (χ3v) is 2.89. The minimum Gasteiger partial charge on any atom is -0.492 e. The number of ether oxygens (including phenoxy) is 1. The van der Waals surface area contributed by atoms with Crippen LogP contribution in [0.25, 0.3) is 0 Å². The Labute approximate surface area is 131 Å². The molecule has 0 aliphatic carbocycles. The second kappa shape index (κ2) is 10.2. The first kappa shape index (κ1) is 19.4. The van der Waals surface area contributed by atoms with Crippen LogP contribution in [0.3, 0.4) is 0 Å². The van der Waals surface area contributed by atoms with Crippen molar-refractivity contribution < 1.29 is 19.4 Å². The number of ketones is 1. The van der Waals surface area contributed by atoms with Gasteiger partial charge in [-0.2, -0.15) is 0 Å². The summed E-state index contributed by atoms with van der Waals surface area (Å²) in [6.07, 6.45) is 1.39. The van der Waals surface area contributed by atoms with E-state index in [1.807, 2.05) is 6.92 Å². The minimum absolute atomic E-state index is 0. The van der Waals surface area contributed by atoms with Gasteiger partial charge >= 0.3 is 5.97 Å². The van der Waals surface area contributed by atoms with Gasteiger partial charge in [0.25, 0.3) is 0 Å². The highest BCUT2D eigenvalue weighted by Crippen LogP contribution is 2.17. The Morgan fingerprint density at radius 2 is 2.00 bits per heavy atom. The summed E-state index contributed by atoms with van der Waals surface area (Å²) in [6.45, 7) is 4.17. The van der Waals surface area contributed by atoms with Gasteiger partial charge in [-0.15, -0.1) is 12.4 Å². The lowest BCUT2D eigenvalue weighted by Gasteiger charge is -2.14. The summed E-state index contributed by atoms with van der Waals surface area (Å²) in [4.78, 5) is 22.4. The molecule has 0 aliphatic rings. The van der Waals surface area contributed by atoms with Gasteiger partial charge in [0.2, 0.25) is 0 Å². The fourth-order valence-electron chi connectivity index (χ4n) is 1.88. The van der Waals surface area contributed by atoms with Gasteiger partial charge in [-0.3, -0.25) is 9.59 Å². The smallest absolute Gasteiger partial charge is 0.320 e. The maximum Gasteiger partial charge on any atom is 0.320 e. The van der Waals surface area contributed by atoms with Crippen LogP contribution in [0.4, 0.5) is 0 Å². The van der Waals surface area contributed by atoms with Crippen LogP contribution in [0, 0.1) is 0 Å². The van der Waals surface area contributed by atoms with Crippen LogP contribution in [-0.2, 0) is 4.79 Å². The maximum absolute atomic E-state index is 11.4. The van der Waals surface area contributed by atoms with E-state index >= 15 is 0 Å². The summed E-state index contributed by atoms with van der Waals surface area (Å²) in [5.74, 6) is -0.372. The first-order valence-corrected chi connectivity index (χ1v) is 6.75. The molecule has 0 aliphatic heterocycles. The van der Waals surface area contributed by atoms with Crippen molar-refractivity contribution in [3.8, 4) is 5.75 Å². The van der Waals surface area contributed by atoms with Gasteiger partial charge in [0.05, 0.1) is 5.56 Å². The van der Waals surface area contributed by atoms with E-state index in [1.165, 1.54) is 6.92 Å². The fraction of sp³-hybridized carbons (Fsp3) is 0.467. The number of halogens is 1. The largest absolute Gasteiger partial charge is 0.492 e. The van der Waals surface area contributed by atoms with Gasteiger partial charge in [0, 0.05) is 6.54 Å². The summed E-state index contributed by atoms with van der Waals surface area (Å²) < 4.78 is 5.53. The molecule has 21 heavy (non-hydrogen) atoms. The Bertz CT molecular complexity index is 465. The molecule has 0 amide bonds. The van der Waals surface area contributed by atoms with Crippen LogP contribution in [0.2, 0.25) is 0 Å². The second-order valence-electron chi connectivity index (χ2n) is 4.53. The van der Waals surface area contributed by atoms with Gasteiger partial charge in [-0.1, -0.05) is 25.5 Å². The normalized spacial score (nSPS) is 11.3. The monoisotopic (exact) mass is 315 g/mol. The number of para-hydroxylation sites is 1. The molecule has 118 valence electrons. The van der Waals surface area contributed by atoms with E-state index in [4.69, 9.17) is 9.84 Å². The highest BCUT2D eigenvalue weighted by molar-refractivity contribution is 5.96. The lowest BCUT2D eigenvalue weighted by atomic mass is 10.1. The summed E-state index contributed by atoms with van der Waals surface area (Å²) >= 11 is 0. The van der Waals surface area contributed by atoms with Gasteiger partial charge in [0.15, 0.2) is 5.78 Å². The SMILES string of the molecule is CCCC(NCCOc1ccccc1C(C)=O)C(=O)O.Cl. The average Bonchev–Trinajstić information content (AvgIpc) is 2.42. The highest BCUT2D eigenvalue weighted by Gasteiger charge is 2.15. The third-order valence-electron chi connectivity index (χ3n) is 2.89. The molecule has 0 fully saturated rings. The molecule has 1 unspecified atom stereocenters. The van der Waals surface area contributed by atoms with Crippen molar-refractivity contribution in [3.63, 3.8) is 0 Å². The topological polar surface area (TPSA) is 75.6 Å². The molecule has 0 heterocycles. The number of carbonyl (C=O) groups is 2. The lowest BCUT2D eigenvalue weighted by Crippen LogP contribution is -2.38. The molecule has 1 aromatic rings. The molecule has 6 heteroatoms. The Morgan fingerprint density at radius 1 is 1.33 bits per heavy atom. The number of benzene rings is 1. The van der Waals surface area contributed by atoms with Crippen molar-refractivity contribution in [2.45, 2.75) is 32.7 Å². The number of Topliss-reactive ketones (excluding diaryl/α,β-unsaturated/α-hetero) is 1. The second-order valence-corrected chi connectivity index (χ2v) is 4.53. The summed E-state index contributed by atoms with van der Waals surface area (Å²) in [7, 11) is 0. The number of rotatable bonds is 9. The molecule has 0 saturated carbocycles. The number of hydrogen-bond acceptors (Lipinski definition) is 4. The number of carbonyl (C=O) groups excluding carboxylic acids is 1. The van der Waals surface area contributed by atoms with Gasteiger partial charge in [-0.25, -0.2) is 0 Å². The Morgan fingerprint density at radius 3 is 2.57 bits per heavy atom. The molecule has 1 rings (SSSR count). The molecule has 0 spiro atoms. The predicted octanol–water partition coefficient (Wildman–Crippen LogP) is 2.53. The molecule has 0 saturated heterocycles. The Balaban J connectivity index is 0.00000400. The van der Waals surface area contributed by atoms with Crippen molar-refractivity contribution >= 4 is 24.2 Å². The van der Waals surface area contributed by atoms with E-state index < -0.39 is 12.0 Å². The highest BCUT2D eigenvalue weighted by atomic mass is 35.5. The Kier molecular flexibility index (Phi) is 9.41. The van der Waals surface area contributed by atoms with E-state index in [-0.39, 0.29) is 18.2 Å². The summed E-state index contributed by atoms with van der Waals surface area (Å²) in [5, 5.41) is 11.9. The van der Waals surface area contributed by atoms with Crippen molar-refractivity contribution in [2.24, 2.45) is 0 Å². The standard InChI is InChI=1S/C15H21NO4.ClH/c1-3-6-13(15(18)19)16-9-10-20-14-8-5-4-7-12(14)11(2)17;/h4-5,7-8,13,16H,3,6,9-10H2,1-2H3,(H,18,19);1H. The quantitative estimate of drug-likeness (QED) is 0.541. The van der Waals surface area contributed by atoms with Gasteiger partial charge in [0.1, 0.15) is 18.4 Å². The van der Waals surface area contributed by atoms with Crippen LogP contribution in [-0.4, -0.2) is 36.1 Å². The zero-order chi connectivity index (χ0) is 15.0. The first-order valence-electron chi connectivity index (χ1n) is 6.75. The minimum atomic E-state index is -0.851. The molecule has 0 aromatic heterocycles. The number of carboxylic acids is 1. The van der Waals surface area contributed by atoms with Crippen molar-refractivity contribution in [3.05, 3.63) is 29.8 Å². The van der Waals surface area contributed by atoms with Crippen LogP contribution in [0.1, 0.15) is 37.0 Å². The number of aliphatic carboxylic acids is 1. The van der Waals surface area contributed by atoms with Crippen molar-refractivity contribution in [1.29, 1.82) is 0 Å². The fourth-order valence-corrected chi connectivity index (χ4v) is 1.88. The maximum atomic E-state index is 11.4. The van der Waals surface area contributed by atoms with E-state index in [9.17, 15) is 9.59 Å². The number of nitrogens with one attached hydrogen (secondary N) is 1. The van der Waals surface area contributed by atoms with Crippen LogP contribution < -0.4 is 10.1 Å². The lowest BCUT2D eigenvalue weighted by molar-refractivity contribution is -0.139. The number of carboxylic acid groups (broad SMARTS) is 1. The van der Waals surface area contributed by atoms with Crippen molar-refractivity contribution in [2.75, 3.05) is 13.2 Å². The van der Waals surface area contributed by atoms with Gasteiger partial charge < -0.3 is 15.2 Å². The molecule has 2 N–H and O–H groups in total. The summed E-state index contributed by atoms with van der Waals surface area (Å²) in [6, 6.07) is 6.47. The third kappa shape index (κ3) is 6.60. The molecule has 0 bridgehead atoms. The number of hydrogen-bond donors (Lipinski definition) is 2. The van der Waals surface area contributed by atoms with Crippen LogP contribution >= 0.6 is 12.4 Å². The zero-order valence-electron chi connectivity index (χ0n) is 12.3. The molecule has 5 nitrogen and oxygen atoms in total. The Hall–Kier alpha value is -1.59. The van der Waals surface area contributed by atoms with E-state index in [0.717, 1.165) is 6.42 Å². The predicted molar refractivity (Wildman–Crippen MR) is 83.5 cm³/mol. The molecular weight excluding hydrogens is 294 g/mol. The average molecular weight is 316 g/mol.